The molecule has 0 aromatic carbocycles. The molecule has 1 aromatic heterocycles. The quantitative estimate of drug-likeness (QED) is 0.758. The number of hydrogen-bond acceptors (Lipinski definition) is 7. The number of hydrogen-bond donors (Lipinski definition) is 0. The standard InChI is InChI=1S/C16H25N5O3/c1-13(19-9-11-24-12-10-19)15(22)20-5-7-21(8-6-20)16-17-4-3-14(18-16)23-2/h3-4,13H,5-12H2,1-2H3. The van der Waals surface area contributed by atoms with Gasteiger partial charge in [-0.15, -0.1) is 0 Å². The van der Waals surface area contributed by atoms with E-state index in [1.165, 1.54) is 0 Å². The van der Waals surface area contributed by atoms with Crippen molar-refractivity contribution >= 4 is 11.9 Å². The fraction of sp³-hybridized carbons (Fsp3) is 0.688. The molecule has 2 aliphatic rings. The molecule has 3 heterocycles. The summed E-state index contributed by atoms with van der Waals surface area (Å²) in [5.41, 5.74) is 0. The van der Waals surface area contributed by atoms with Gasteiger partial charge in [-0.2, -0.15) is 4.98 Å². The number of methoxy groups -OCH3 is 1. The summed E-state index contributed by atoms with van der Waals surface area (Å²) >= 11 is 0. The summed E-state index contributed by atoms with van der Waals surface area (Å²) in [5, 5.41) is 0. The largest absolute Gasteiger partial charge is 0.481 e. The first-order valence-corrected chi connectivity index (χ1v) is 8.41. The van der Waals surface area contributed by atoms with Crippen LogP contribution in [0.25, 0.3) is 0 Å². The van der Waals surface area contributed by atoms with Gasteiger partial charge in [-0.3, -0.25) is 9.69 Å². The lowest BCUT2D eigenvalue weighted by atomic mass is 10.2. The van der Waals surface area contributed by atoms with E-state index in [-0.39, 0.29) is 11.9 Å². The highest BCUT2D eigenvalue weighted by Gasteiger charge is 2.29. The number of morpholine rings is 1. The minimum Gasteiger partial charge on any atom is -0.481 e. The van der Waals surface area contributed by atoms with Gasteiger partial charge < -0.3 is 19.3 Å². The molecule has 0 spiro atoms. The third-order valence-corrected chi connectivity index (χ3v) is 4.65. The van der Waals surface area contributed by atoms with Crippen molar-refractivity contribution in [2.75, 3.05) is 64.5 Å². The number of piperazine rings is 1. The van der Waals surface area contributed by atoms with Crippen molar-refractivity contribution in [3.8, 4) is 5.88 Å². The number of aromatic nitrogens is 2. The molecule has 2 saturated heterocycles. The first-order chi connectivity index (χ1) is 11.7. The minimum atomic E-state index is -0.0893. The van der Waals surface area contributed by atoms with Gasteiger partial charge in [0.25, 0.3) is 0 Å². The van der Waals surface area contributed by atoms with Crippen LogP contribution in [-0.2, 0) is 9.53 Å². The molecular formula is C16H25N5O3. The van der Waals surface area contributed by atoms with Gasteiger partial charge in [-0.1, -0.05) is 0 Å². The van der Waals surface area contributed by atoms with Crippen LogP contribution in [0.4, 0.5) is 5.95 Å². The van der Waals surface area contributed by atoms with Crippen LogP contribution in [0.3, 0.4) is 0 Å². The Labute approximate surface area is 142 Å². The molecule has 1 amide bonds. The predicted octanol–water partition coefficient (Wildman–Crippen LogP) is -0.145. The molecule has 2 fully saturated rings. The van der Waals surface area contributed by atoms with E-state index in [9.17, 15) is 4.79 Å². The average Bonchev–Trinajstić information content (AvgIpc) is 2.67. The molecule has 8 nitrogen and oxygen atoms in total. The van der Waals surface area contributed by atoms with Crippen molar-refractivity contribution in [1.29, 1.82) is 0 Å². The predicted molar refractivity (Wildman–Crippen MR) is 89.2 cm³/mol. The number of ether oxygens (including phenoxy) is 2. The molecule has 132 valence electrons. The highest BCUT2D eigenvalue weighted by Crippen LogP contribution is 2.16. The minimum absolute atomic E-state index is 0.0893. The number of anilines is 1. The van der Waals surface area contributed by atoms with Crippen LogP contribution in [0.5, 0.6) is 5.88 Å². The Bertz CT molecular complexity index is 556. The van der Waals surface area contributed by atoms with E-state index in [0.29, 0.717) is 38.1 Å². The molecule has 1 aromatic rings. The van der Waals surface area contributed by atoms with Crippen LogP contribution in [0, 0.1) is 0 Å². The molecule has 0 bridgehead atoms. The molecule has 0 saturated carbocycles. The topological polar surface area (TPSA) is 71.0 Å². The second kappa shape index (κ2) is 7.76. The van der Waals surface area contributed by atoms with Crippen LogP contribution in [-0.4, -0.2) is 91.3 Å². The lowest BCUT2D eigenvalue weighted by Crippen LogP contribution is -2.56. The Hall–Kier alpha value is -1.93. The highest BCUT2D eigenvalue weighted by molar-refractivity contribution is 5.81. The molecule has 0 N–H and O–H groups in total. The zero-order chi connectivity index (χ0) is 16.9. The van der Waals surface area contributed by atoms with Crippen molar-refractivity contribution in [3.63, 3.8) is 0 Å². The van der Waals surface area contributed by atoms with Crippen molar-refractivity contribution in [2.45, 2.75) is 13.0 Å². The van der Waals surface area contributed by atoms with Crippen molar-refractivity contribution in [1.82, 2.24) is 19.8 Å². The van der Waals surface area contributed by atoms with Gasteiger partial charge in [0.05, 0.1) is 26.4 Å². The fourth-order valence-electron chi connectivity index (χ4n) is 3.11. The van der Waals surface area contributed by atoms with Crippen LogP contribution in [0.2, 0.25) is 0 Å². The number of carbonyl (C=O) groups excluding carboxylic acids is 1. The molecular weight excluding hydrogens is 310 g/mol. The number of nitrogens with zero attached hydrogens (tertiary/aromatic N) is 5. The fourth-order valence-corrected chi connectivity index (χ4v) is 3.11. The van der Waals surface area contributed by atoms with Gasteiger partial charge in [0, 0.05) is 51.5 Å². The number of carbonyl (C=O) groups is 1. The summed E-state index contributed by atoms with van der Waals surface area (Å²) in [4.78, 5) is 27.6. The summed E-state index contributed by atoms with van der Waals surface area (Å²) in [5.74, 6) is 1.41. The summed E-state index contributed by atoms with van der Waals surface area (Å²) in [7, 11) is 1.59. The van der Waals surface area contributed by atoms with Gasteiger partial charge in [-0.05, 0) is 6.92 Å². The maximum atomic E-state index is 12.7. The average molecular weight is 335 g/mol. The second-order valence-electron chi connectivity index (χ2n) is 6.04. The number of rotatable bonds is 4. The smallest absolute Gasteiger partial charge is 0.239 e. The zero-order valence-corrected chi connectivity index (χ0v) is 14.3. The molecule has 0 radical (unpaired) electrons. The normalized spacial score (nSPS) is 20.8. The van der Waals surface area contributed by atoms with Crippen LogP contribution in [0.15, 0.2) is 12.3 Å². The summed E-state index contributed by atoms with van der Waals surface area (Å²) in [6.45, 7) is 7.89. The Morgan fingerprint density at radius 1 is 1.21 bits per heavy atom. The highest BCUT2D eigenvalue weighted by atomic mass is 16.5. The number of amides is 1. The summed E-state index contributed by atoms with van der Waals surface area (Å²) < 4.78 is 10.5. The molecule has 3 rings (SSSR count). The SMILES string of the molecule is COc1ccnc(N2CCN(C(=O)C(C)N3CCOCC3)CC2)n1. The molecule has 24 heavy (non-hydrogen) atoms. The van der Waals surface area contributed by atoms with E-state index < -0.39 is 0 Å². The third-order valence-electron chi connectivity index (χ3n) is 4.65. The summed E-state index contributed by atoms with van der Waals surface area (Å²) in [6.07, 6.45) is 1.69. The monoisotopic (exact) mass is 335 g/mol. The van der Waals surface area contributed by atoms with Gasteiger partial charge in [-0.25, -0.2) is 4.98 Å². The van der Waals surface area contributed by atoms with Gasteiger partial charge in [0.1, 0.15) is 0 Å². The van der Waals surface area contributed by atoms with E-state index in [2.05, 4.69) is 19.8 Å². The van der Waals surface area contributed by atoms with Crippen LogP contribution < -0.4 is 9.64 Å². The third kappa shape index (κ3) is 3.76. The van der Waals surface area contributed by atoms with Crippen LogP contribution in [0.1, 0.15) is 6.92 Å². The van der Waals surface area contributed by atoms with Gasteiger partial charge in [0.2, 0.25) is 17.7 Å². The van der Waals surface area contributed by atoms with E-state index in [4.69, 9.17) is 9.47 Å². The van der Waals surface area contributed by atoms with Crippen molar-refractivity contribution < 1.29 is 14.3 Å². The molecule has 1 atom stereocenters. The van der Waals surface area contributed by atoms with Crippen LogP contribution >= 0.6 is 0 Å². The molecule has 8 heteroatoms. The zero-order valence-electron chi connectivity index (χ0n) is 14.3. The maximum absolute atomic E-state index is 12.7. The van der Waals surface area contributed by atoms with E-state index in [1.807, 2.05) is 11.8 Å². The molecule has 1 unspecified atom stereocenters. The Morgan fingerprint density at radius 3 is 2.58 bits per heavy atom. The van der Waals surface area contributed by atoms with Gasteiger partial charge >= 0.3 is 0 Å². The first-order valence-electron chi connectivity index (χ1n) is 8.41. The Morgan fingerprint density at radius 2 is 1.92 bits per heavy atom. The van der Waals surface area contributed by atoms with E-state index in [1.54, 1.807) is 19.4 Å². The summed E-state index contributed by atoms with van der Waals surface area (Å²) in [6, 6.07) is 1.64. The maximum Gasteiger partial charge on any atom is 0.239 e. The van der Waals surface area contributed by atoms with Gasteiger partial charge in [0.15, 0.2) is 0 Å². The second-order valence-corrected chi connectivity index (χ2v) is 6.04. The lowest BCUT2D eigenvalue weighted by molar-refractivity contribution is -0.138. The molecule has 2 aliphatic heterocycles. The Kier molecular flexibility index (Phi) is 5.47. The molecule has 0 aliphatic carbocycles. The van der Waals surface area contributed by atoms with Crippen molar-refractivity contribution in [2.24, 2.45) is 0 Å². The Balaban J connectivity index is 1.55. The first kappa shape index (κ1) is 16.9. The van der Waals surface area contributed by atoms with E-state index in [0.717, 1.165) is 26.2 Å². The van der Waals surface area contributed by atoms with Crippen molar-refractivity contribution in [3.05, 3.63) is 12.3 Å². The van der Waals surface area contributed by atoms with E-state index >= 15 is 0 Å². The lowest BCUT2D eigenvalue weighted by Gasteiger charge is -2.39.